The molecule has 0 radical (unpaired) electrons. The second-order valence-corrected chi connectivity index (χ2v) is 7.39. The van der Waals surface area contributed by atoms with E-state index < -0.39 is 17.7 Å². The van der Waals surface area contributed by atoms with Crippen LogP contribution < -0.4 is 20.1 Å². The predicted octanol–water partition coefficient (Wildman–Crippen LogP) is 4.73. The maximum Gasteiger partial charge on any atom is 0.408 e. The topological polar surface area (TPSA) is 85.9 Å². The molecule has 0 saturated carbocycles. The minimum absolute atomic E-state index is 0.351. The maximum atomic E-state index is 12.3. The van der Waals surface area contributed by atoms with Crippen LogP contribution in [0.5, 0.6) is 17.2 Å². The van der Waals surface area contributed by atoms with Crippen molar-refractivity contribution in [2.24, 2.45) is 0 Å². The summed E-state index contributed by atoms with van der Waals surface area (Å²) in [6.45, 7) is 9.40. The van der Waals surface area contributed by atoms with Gasteiger partial charge in [-0.25, -0.2) is 4.79 Å². The SMILES string of the molecule is CCOc1ccc(Oc2ccc(NC(=O)C(C)NC(=O)OC(C)(C)C)cc2)cc1. The van der Waals surface area contributed by atoms with Crippen molar-refractivity contribution in [2.45, 2.75) is 46.3 Å². The quantitative estimate of drug-likeness (QED) is 0.702. The van der Waals surface area contributed by atoms with E-state index in [1.165, 1.54) is 0 Å². The fraction of sp³-hybridized carbons (Fsp3) is 0.364. The van der Waals surface area contributed by atoms with E-state index >= 15 is 0 Å². The Morgan fingerprint density at radius 1 is 0.931 bits per heavy atom. The minimum Gasteiger partial charge on any atom is -0.494 e. The number of rotatable bonds is 7. The highest BCUT2D eigenvalue weighted by molar-refractivity contribution is 5.96. The third-order valence-electron chi connectivity index (χ3n) is 3.62. The highest BCUT2D eigenvalue weighted by Gasteiger charge is 2.21. The molecule has 29 heavy (non-hydrogen) atoms. The number of alkyl carbamates (subject to hydrolysis) is 1. The molecule has 0 aromatic heterocycles. The zero-order valence-corrected chi connectivity index (χ0v) is 17.4. The summed E-state index contributed by atoms with van der Waals surface area (Å²) in [5.41, 5.74) is -0.0358. The molecule has 0 bridgehead atoms. The Kier molecular flexibility index (Phi) is 7.47. The fourth-order valence-corrected chi connectivity index (χ4v) is 2.31. The maximum absolute atomic E-state index is 12.3. The number of amides is 2. The van der Waals surface area contributed by atoms with E-state index in [-0.39, 0.29) is 5.91 Å². The summed E-state index contributed by atoms with van der Waals surface area (Å²) in [5, 5.41) is 5.25. The summed E-state index contributed by atoms with van der Waals surface area (Å²) < 4.78 is 16.3. The second kappa shape index (κ2) is 9.82. The molecular weight excluding hydrogens is 372 g/mol. The van der Waals surface area contributed by atoms with Crippen molar-refractivity contribution in [3.63, 3.8) is 0 Å². The second-order valence-electron chi connectivity index (χ2n) is 7.39. The number of ether oxygens (including phenoxy) is 3. The Morgan fingerprint density at radius 2 is 1.45 bits per heavy atom. The van der Waals surface area contributed by atoms with Gasteiger partial charge in [0.05, 0.1) is 6.61 Å². The Hall–Kier alpha value is -3.22. The molecule has 0 aliphatic rings. The lowest BCUT2D eigenvalue weighted by Gasteiger charge is -2.21. The van der Waals surface area contributed by atoms with Crippen molar-refractivity contribution >= 4 is 17.7 Å². The first-order valence-corrected chi connectivity index (χ1v) is 9.47. The van der Waals surface area contributed by atoms with E-state index in [1.807, 2.05) is 31.2 Å². The Labute approximate surface area is 171 Å². The largest absolute Gasteiger partial charge is 0.494 e. The zero-order chi connectivity index (χ0) is 21.4. The summed E-state index contributed by atoms with van der Waals surface area (Å²) in [5.74, 6) is 1.75. The van der Waals surface area contributed by atoms with Gasteiger partial charge >= 0.3 is 6.09 Å². The lowest BCUT2D eigenvalue weighted by atomic mass is 10.2. The summed E-state index contributed by atoms with van der Waals surface area (Å²) in [4.78, 5) is 24.0. The molecule has 2 rings (SSSR count). The first-order valence-electron chi connectivity index (χ1n) is 9.47. The standard InChI is InChI=1S/C22H28N2O5/c1-6-27-17-11-13-19(14-12-17)28-18-9-7-16(8-10-18)24-20(25)15(2)23-21(26)29-22(3,4)5/h7-15H,6H2,1-5H3,(H,23,26)(H,24,25). The van der Waals surface area contributed by atoms with Gasteiger partial charge in [0.25, 0.3) is 0 Å². The van der Waals surface area contributed by atoms with Crippen LogP contribution in [0.3, 0.4) is 0 Å². The van der Waals surface area contributed by atoms with Crippen molar-refractivity contribution in [3.05, 3.63) is 48.5 Å². The molecule has 0 heterocycles. The first-order chi connectivity index (χ1) is 13.7. The van der Waals surface area contributed by atoms with Crippen LogP contribution in [0.25, 0.3) is 0 Å². The van der Waals surface area contributed by atoms with Gasteiger partial charge in [0.15, 0.2) is 0 Å². The average Bonchev–Trinajstić information content (AvgIpc) is 2.63. The smallest absolute Gasteiger partial charge is 0.408 e. The van der Waals surface area contributed by atoms with Crippen LogP contribution in [-0.2, 0) is 9.53 Å². The summed E-state index contributed by atoms with van der Waals surface area (Å²) in [6.07, 6.45) is -0.640. The van der Waals surface area contributed by atoms with Crippen LogP contribution in [0.1, 0.15) is 34.6 Å². The van der Waals surface area contributed by atoms with Crippen molar-refractivity contribution in [1.82, 2.24) is 5.32 Å². The number of benzene rings is 2. The minimum atomic E-state index is -0.746. The van der Waals surface area contributed by atoms with Gasteiger partial charge in [0.2, 0.25) is 5.91 Å². The molecule has 0 aliphatic carbocycles. The van der Waals surface area contributed by atoms with Crippen molar-refractivity contribution in [1.29, 1.82) is 0 Å². The normalized spacial score (nSPS) is 11.9. The highest BCUT2D eigenvalue weighted by atomic mass is 16.6. The van der Waals surface area contributed by atoms with E-state index in [0.717, 1.165) is 5.75 Å². The molecule has 7 heteroatoms. The third kappa shape index (κ3) is 7.73. The average molecular weight is 400 g/mol. The Balaban J connectivity index is 1.87. The van der Waals surface area contributed by atoms with E-state index in [1.54, 1.807) is 52.0 Å². The van der Waals surface area contributed by atoms with E-state index in [9.17, 15) is 9.59 Å². The third-order valence-corrected chi connectivity index (χ3v) is 3.62. The number of carbonyl (C=O) groups is 2. The van der Waals surface area contributed by atoms with Crippen molar-refractivity contribution in [2.75, 3.05) is 11.9 Å². The number of hydrogen-bond acceptors (Lipinski definition) is 5. The van der Waals surface area contributed by atoms with Gasteiger partial charge in [-0.2, -0.15) is 0 Å². The van der Waals surface area contributed by atoms with Gasteiger partial charge in [-0.05, 0) is 83.1 Å². The van der Waals surface area contributed by atoms with Gasteiger partial charge < -0.3 is 24.8 Å². The van der Waals surface area contributed by atoms with Crippen LogP contribution in [0, 0.1) is 0 Å². The van der Waals surface area contributed by atoms with Crippen molar-refractivity contribution < 1.29 is 23.8 Å². The molecule has 2 N–H and O–H groups in total. The van der Waals surface area contributed by atoms with Crippen LogP contribution >= 0.6 is 0 Å². The molecule has 0 spiro atoms. The van der Waals surface area contributed by atoms with Crippen LogP contribution in [0.15, 0.2) is 48.5 Å². The van der Waals surface area contributed by atoms with Gasteiger partial charge in [-0.1, -0.05) is 0 Å². The summed E-state index contributed by atoms with van der Waals surface area (Å²) in [6, 6.07) is 13.5. The Morgan fingerprint density at radius 3 is 1.97 bits per heavy atom. The van der Waals surface area contributed by atoms with Crippen LogP contribution in [0.2, 0.25) is 0 Å². The molecule has 7 nitrogen and oxygen atoms in total. The molecule has 2 aromatic carbocycles. The van der Waals surface area contributed by atoms with E-state index in [2.05, 4.69) is 10.6 Å². The van der Waals surface area contributed by atoms with Gasteiger partial charge in [0, 0.05) is 5.69 Å². The van der Waals surface area contributed by atoms with Crippen molar-refractivity contribution in [3.8, 4) is 17.2 Å². The number of hydrogen-bond donors (Lipinski definition) is 2. The molecule has 0 fully saturated rings. The molecule has 0 saturated heterocycles. The van der Waals surface area contributed by atoms with Gasteiger partial charge in [0.1, 0.15) is 28.9 Å². The van der Waals surface area contributed by atoms with Crippen LogP contribution in [-0.4, -0.2) is 30.3 Å². The fourth-order valence-electron chi connectivity index (χ4n) is 2.31. The zero-order valence-electron chi connectivity index (χ0n) is 17.4. The van der Waals surface area contributed by atoms with E-state index in [0.29, 0.717) is 23.8 Å². The molecule has 156 valence electrons. The van der Waals surface area contributed by atoms with E-state index in [4.69, 9.17) is 14.2 Å². The predicted molar refractivity (Wildman–Crippen MR) is 112 cm³/mol. The monoisotopic (exact) mass is 400 g/mol. The summed E-state index contributed by atoms with van der Waals surface area (Å²) in [7, 11) is 0. The molecular formula is C22H28N2O5. The molecule has 2 amide bonds. The Bertz CT molecular complexity index is 811. The summed E-state index contributed by atoms with van der Waals surface area (Å²) >= 11 is 0. The lowest BCUT2D eigenvalue weighted by Crippen LogP contribution is -2.43. The molecule has 1 atom stereocenters. The number of anilines is 1. The van der Waals surface area contributed by atoms with Gasteiger partial charge in [-0.3, -0.25) is 4.79 Å². The molecule has 0 aliphatic heterocycles. The molecule has 1 unspecified atom stereocenters. The molecule has 2 aromatic rings. The highest BCUT2D eigenvalue weighted by Crippen LogP contribution is 2.25. The number of carbonyl (C=O) groups excluding carboxylic acids is 2. The first kappa shape index (κ1) is 22.1. The number of nitrogens with one attached hydrogen (secondary N) is 2. The lowest BCUT2D eigenvalue weighted by molar-refractivity contribution is -0.117. The van der Waals surface area contributed by atoms with Crippen LogP contribution in [0.4, 0.5) is 10.5 Å². The van der Waals surface area contributed by atoms with Gasteiger partial charge in [-0.15, -0.1) is 0 Å².